The molecule has 19 heavy (non-hydrogen) atoms. The van der Waals surface area contributed by atoms with E-state index in [0.717, 1.165) is 18.0 Å². The molecule has 2 nitrogen and oxygen atoms in total. The van der Waals surface area contributed by atoms with E-state index in [4.69, 9.17) is 0 Å². The number of nitrogens with zero attached hydrogens (tertiary/aromatic N) is 1. The Bertz CT molecular complexity index is 270. The van der Waals surface area contributed by atoms with E-state index < -0.39 is 0 Å². The second kappa shape index (κ2) is 6.58. The van der Waals surface area contributed by atoms with E-state index in [-0.39, 0.29) is 0 Å². The van der Waals surface area contributed by atoms with Crippen molar-refractivity contribution in [2.24, 2.45) is 5.92 Å². The fourth-order valence-corrected chi connectivity index (χ4v) is 4.15. The average molecular weight is 266 g/mol. The molecule has 2 aliphatic rings. The highest BCUT2D eigenvalue weighted by molar-refractivity contribution is 5.01. The lowest BCUT2D eigenvalue weighted by Crippen LogP contribution is -2.64. The molecule has 1 aliphatic carbocycles. The highest BCUT2D eigenvalue weighted by Crippen LogP contribution is 2.35. The zero-order chi connectivity index (χ0) is 13.9. The maximum atomic E-state index is 3.91. The van der Waals surface area contributed by atoms with Gasteiger partial charge in [0.1, 0.15) is 0 Å². The topological polar surface area (TPSA) is 15.3 Å². The molecule has 1 spiro atoms. The highest BCUT2D eigenvalue weighted by atomic mass is 15.3. The molecule has 2 rings (SSSR count). The normalized spacial score (nSPS) is 30.6. The summed E-state index contributed by atoms with van der Waals surface area (Å²) in [6.07, 6.45) is 9.62. The molecule has 0 radical (unpaired) electrons. The van der Waals surface area contributed by atoms with Gasteiger partial charge in [-0.2, -0.15) is 0 Å². The van der Waals surface area contributed by atoms with Crippen LogP contribution in [-0.4, -0.2) is 35.6 Å². The average Bonchev–Trinajstić information content (AvgIpc) is 2.86. The van der Waals surface area contributed by atoms with Gasteiger partial charge in [-0.05, 0) is 38.5 Å². The summed E-state index contributed by atoms with van der Waals surface area (Å²) in [7, 11) is 0. The number of nitrogens with one attached hydrogen (secondary N) is 1. The Morgan fingerprint density at radius 2 is 1.89 bits per heavy atom. The quantitative estimate of drug-likeness (QED) is 0.814. The molecule has 3 unspecified atom stereocenters. The Hall–Kier alpha value is -0.0800. The maximum Gasteiger partial charge on any atom is 0.0309 e. The van der Waals surface area contributed by atoms with Crippen LogP contribution in [-0.2, 0) is 0 Å². The van der Waals surface area contributed by atoms with Crippen LogP contribution in [0.4, 0.5) is 0 Å². The molecular weight excluding hydrogens is 232 g/mol. The third-order valence-corrected chi connectivity index (χ3v) is 5.71. The number of piperazine rings is 1. The zero-order valence-corrected chi connectivity index (χ0v) is 13.5. The molecule has 1 N–H and O–H groups in total. The Morgan fingerprint density at radius 1 is 1.21 bits per heavy atom. The lowest BCUT2D eigenvalue weighted by molar-refractivity contribution is 0.0385. The minimum Gasteiger partial charge on any atom is -0.308 e. The van der Waals surface area contributed by atoms with Crippen LogP contribution < -0.4 is 5.32 Å². The SMILES string of the molecule is CCC(C)CC(C)N1CC2(CCCC2)NCC1CC. The van der Waals surface area contributed by atoms with Gasteiger partial charge in [-0.1, -0.05) is 40.0 Å². The van der Waals surface area contributed by atoms with E-state index in [0.29, 0.717) is 5.54 Å². The summed E-state index contributed by atoms with van der Waals surface area (Å²) in [6, 6.07) is 1.50. The lowest BCUT2D eigenvalue weighted by Gasteiger charge is -2.49. The standard InChI is InChI=1S/C17H34N2/c1-5-14(3)11-15(4)19-13-17(9-7-8-10-17)18-12-16(19)6-2/h14-16,18H,5-13H2,1-4H3. The van der Waals surface area contributed by atoms with Crippen LogP contribution in [0.15, 0.2) is 0 Å². The zero-order valence-electron chi connectivity index (χ0n) is 13.5. The third-order valence-electron chi connectivity index (χ3n) is 5.71. The van der Waals surface area contributed by atoms with Crippen LogP contribution in [0.3, 0.4) is 0 Å². The fraction of sp³-hybridized carbons (Fsp3) is 1.00. The van der Waals surface area contributed by atoms with Gasteiger partial charge in [-0.25, -0.2) is 0 Å². The van der Waals surface area contributed by atoms with Gasteiger partial charge in [0.15, 0.2) is 0 Å². The van der Waals surface area contributed by atoms with Crippen molar-refractivity contribution in [3.63, 3.8) is 0 Å². The number of hydrogen-bond donors (Lipinski definition) is 1. The number of rotatable bonds is 5. The summed E-state index contributed by atoms with van der Waals surface area (Å²) >= 11 is 0. The van der Waals surface area contributed by atoms with E-state index in [1.807, 2.05) is 0 Å². The van der Waals surface area contributed by atoms with Gasteiger partial charge in [0.05, 0.1) is 0 Å². The molecule has 0 amide bonds. The van der Waals surface area contributed by atoms with Gasteiger partial charge in [-0.15, -0.1) is 0 Å². The molecule has 0 aromatic rings. The van der Waals surface area contributed by atoms with E-state index in [1.54, 1.807) is 0 Å². The first kappa shape index (κ1) is 15.3. The van der Waals surface area contributed by atoms with Gasteiger partial charge < -0.3 is 5.32 Å². The molecule has 1 saturated carbocycles. The molecule has 2 fully saturated rings. The van der Waals surface area contributed by atoms with Crippen LogP contribution in [0, 0.1) is 5.92 Å². The summed E-state index contributed by atoms with van der Waals surface area (Å²) in [5.41, 5.74) is 0.468. The van der Waals surface area contributed by atoms with Crippen LogP contribution in [0.5, 0.6) is 0 Å². The predicted octanol–water partition coefficient (Wildman–Crippen LogP) is 3.81. The van der Waals surface area contributed by atoms with Gasteiger partial charge in [-0.3, -0.25) is 4.90 Å². The molecule has 2 heteroatoms. The largest absolute Gasteiger partial charge is 0.308 e. The predicted molar refractivity (Wildman–Crippen MR) is 83.5 cm³/mol. The third kappa shape index (κ3) is 3.52. The summed E-state index contributed by atoms with van der Waals surface area (Å²) in [5.74, 6) is 0.863. The van der Waals surface area contributed by atoms with Crippen LogP contribution in [0.2, 0.25) is 0 Å². The van der Waals surface area contributed by atoms with Gasteiger partial charge >= 0.3 is 0 Å². The smallest absolute Gasteiger partial charge is 0.0309 e. The van der Waals surface area contributed by atoms with E-state index in [9.17, 15) is 0 Å². The first-order chi connectivity index (χ1) is 9.10. The minimum atomic E-state index is 0.468. The molecule has 1 aliphatic heterocycles. The van der Waals surface area contributed by atoms with Crippen molar-refractivity contribution in [1.82, 2.24) is 10.2 Å². The van der Waals surface area contributed by atoms with E-state index >= 15 is 0 Å². The number of hydrogen-bond acceptors (Lipinski definition) is 2. The van der Waals surface area contributed by atoms with Crippen molar-refractivity contribution in [2.45, 2.75) is 90.3 Å². The van der Waals surface area contributed by atoms with Crippen molar-refractivity contribution < 1.29 is 0 Å². The van der Waals surface area contributed by atoms with Crippen LogP contribution in [0.1, 0.15) is 72.6 Å². The Labute approximate surface area is 120 Å². The van der Waals surface area contributed by atoms with Crippen molar-refractivity contribution in [1.29, 1.82) is 0 Å². The molecule has 0 bridgehead atoms. The summed E-state index contributed by atoms with van der Waals surface area (Å²) in [6.45, 7) is 12.0. The van der Waals surface area contributed by atoms with E-state index in [2.05, 4.69) is 37.9 Å². The monoisotopic (exact) mass is 266 g/mol. The summed E-state index contributed by atoms with van der Waals surface area (Å²) in [4.78, 5) is 2.84. The lowest BCUT2D eigenvalue weighted by atomic mass is 9.89. The van der Waals surface area contributed by atoms with Crippen molar-refractivity contribution in [3.8, 4) is 0 Å². The second-order valence-electron chi connectivity index (χ2n) is 7.20. The first-order valence-electron chi connectivity index (χ1n) is 8.61. The molecule has 3 atom stereocenters. The van der Waals surface area contributed by atoms with Crippen molar-refractivity contribution in [3.05, 3.63) is 0 Å². The molecule has 1 saturated heterocycles. The molecule has 0 aromatic carbocycles. The minimum absolute atomic E-state index is 0.468. The van der Waals surface area contributed by atoms with Gasteiger partial charge in [0.2, 0.25) is 0 Å². The fourth-order valence-electron chi connectivity index (χ4n) is 4.15. The highest BCUT2D eigenvalue weighted by Gasteiger charge is 2.41. The molecule has 1 heterocycles. The molecule has 112 valence electrons. The summed E-state index contributed by atoms with van der Waals surface area (Å²) < 4.78 is 0. The van der Waals surface area contributed by atoms with Crippen molar-refractivity contribution in [2.75, 3.05) is 13.1 Å². The second-order valence-corrected chi connectivity index (χ2v) is 7.20. The first-order valence-corrected chi connectivity index (χ1v) is 8.61. The van der Waals surface area contributed by atoms with Crippen molar-refractivity contribution >= 4 is 0 Å². The van der Waals surface area contributed by atoms with Crippen LogP contribution in [0.25, 0.3) is 0 Å². The van der Waals surface area contributed by atoms with Gasteiger partial charge in [0, 0.05) is 30.7 Å². The summed E-state index contributed by atoms with van der Waals surface area (Å²) in [5, 5.41) is 3.91. The van der Waals surface area contributed by atoms with E-state index in [1.165, 1.54) is 58.0 Å². The molecular formula is C17H34N2. The Morgan fingerprint density at radius 3 is 2.47 bits per heavy atom. The molecule has 0 aromatic heterocycles. The maximum absolute atomic E-state index is 3.91. The Kier molecular flexibility index (Phi) is 5.30. The van der Waals surface area contributed by atoms with Gasteiger partial charge in [0.25, 0.3) is 0 Å². The Balaban J connectivity index is 2.00. The van der Waals surface area contributed by atoms with Crippen LogP contribution >= 0.6 is 0 Å².